The van der Waals surface area contributed by atoms with Gasteiger partial charge in [-0.3, -0.25) is 14.7 Å². The Morgan fingerprint density at radius 2 is 2.12 bits per heavy atom. The number of furan rings is 1. The van der Waals surface area contributed by atoms with Crippen molar-refractivity contribution >= 4 is 5.91 Å². The molecule has 2 aliphatic rings. The van der Waals surface area contributed by atoms with Crippen molar-refractivity contribution in [3.05, 3.63) is 53.7 Å². The second-order valence-electron chi connectivity index (χ2n) is 6.86. The molecule has 126 valence electrons. The van der Waals surface area contributed by atoms with Gasteiger partial charge >= 0.3 is 0 Å². The molecule has 5 nitrogen and oxygen atoms in total. The van der Waals surface area contributed by atoms with Crippen LogP contribution in [0, 0.1) is 6.92 Å². The first-order valence-electron chi connectivity index (χ1n) is 8.68. The number of hydrogen-bond acceptors (Lipinski definition) is 4. The van der Waals surface area contributed by atoms with E-state index in [4.69, 9.17) is 4.42 Å². The van der Waals surface area contributed by atoms with Crippen molar-refractivity contribution in [3.63, 3.8) is 0 Å². The van der Waals surface area contributed by atoms with E-state index in [0.717, 1.165) is 37.3 Å². The van der Waals surface area contributed by atoms with Crippen molar-refractivity contribution in [3.8, 4) is 0 Å². The molecule has 0 saturated carbocycles. The zero-order valence-electron chi connectivity index (χ0n) is 14.0. The number of nitrogens with zero attached hydrogens (tertiary/aromatic N) is 3. The molecule has 0 N–H and O–H groups in total. The standard InChI is InChI=1S/C19H23N3O2/c1-14-3-2-4-16(20-14)12-22-18-7-9-21(11-15-8-10-24-13-15)17(18)5-6-19(22)23/h2-4,8,10,13,17-18H,5-7,9,11-12H2,1H3/t17-,18+/m1/s1. The minimum Gasteiger partial charge on any atom is -0.472 e. The Bertz CT molecular complexity index is 713. The van der Waals surface area contributed by atoms with Gasteiger partial charge in [-0.25, -0.2) is 0 Å². The number of hydrogen-bond donors (Lipinski definition) is 0. The molecule has 2 aromatic rings. The second-order valence-corrected chi connectivity index (χ2v) is 6.86. The van der Waals surface area contributed by atoms with E-state index in [1.807, 2.05) is 37.5 Å². The fourth-order valence-electron chi connectivity index (χ4n) is 4.12. The molecular formula is C19H23N3O2. The molecule has 1 amide bonds. The predicted molar refractivity (Wildman–Crippen MR) is 90.1 cm³/mol. The number of rotatable bonds is 4. The molecule has 2 aromatic heterocycles. The van der Waals surface area contributed by atoms with Crippen LogP contribution in [-0.4, -0.2) is 39.3 Å². The minimum absolute atomic E-state index is 0.268. The molecule has 0 aromatic carbocycles. The van der Waals surface area contributed by atoms with Crippen molar-refractivity contribution in [1.29, 1.82) is 0 Å². The molecule has 2 atom stereocenters. The highest BCUT2D eigenvalue weighted by atomic mass is 16.3. The Morgan fingerprint density at radius 1 is 1.21 bits per heavy atom. The lowest BCUT2D eigenvalue weighted by atomic mass is 9.96. The van der Waals surface area contributed by atoms with Gasteiger partial charge in [0.25, 0.3) is 0 Å². The molecular weight excluding hydrogens is 302 g/mol. The van der Waals surface area contributed by atoms with Gasteiger partial charge in [0.05, 0.1) is 24.8 Å². The molecule has 0 spiro atoms. The molecule has 0 radical (unpaired) electrons. The molecule has 0 aliphatic carbocycles. The summed E-state index contributed by atoms with van der Waals surface area (Å²) in [4.78, 5) is 21.6. The van der Waals surface area contributed by atoms with Crippen LogP contribution in [0.4, 0.5) is 0 Å². The van der Waals surface area contributed by atoms with Gasteiger partial charge in [0.15, 0.2) is 0 Å². The van der Waals surface area contributed by atoms with Gasteiger partial charge in [0.2, 0.25) is 5.91 Å². The smallest absolute Gasteiger partial charge is 0.223 e. The number of aromatic nitrogens is 1. The number of piperidine rings is 1. The van der Waals surface area contributed by atoms with E-state index in [9.17, 15) is 4.79 Å². The fourth-order valence-corrected chi connectivity index (χ4v) is 4.12. The summed E-state index contributed by atoms with van der Waals surface area (Å²) >= 11 is 0. The molecule has 0 bridgehead atoms. The monoisotopic (exact) mass is 325 g/mol. The van der Waals surface area contributed by atoms with Crippen LogP contribution in [-0.2, 0) is 17.9 Å². The summed E-state index contributed by atoms with van der Waals surface area (Å²) in [5, 5.41) is 0. The van der Waals surface area contributed by atoms with Gasteiger partial charge in [-0.05, 0) is 38.0 Å². The Morgan fingerprint density at radius 3 is 2.92 bits per heavy atom. The van der Waals surface area contributed by atoms with E-state index in [1.54, 1.807) is 6.26 Å². The van der Waals surface area contributed by atoms with Crippen molar-refractivity contribution in [2.75, 3.05) is 6.54 Å². The molecule has 4 heterocycles. The van der Waals surface area contributed by atoms with Gasteiger partial charge in [0, 0.05) is 42.9 Å². The van der Waals surface area contributed by atoms with Gasteiger partial charge in [0.1, 0.15) is 0 Å². The third-order valence-corrected chi connectivity index (χ3v) is 5.24. The summed E-state index contributed by atoms with van der Waals surface area (Å²) in [5.74, 6) is 0.268. The average molecular weight is 325 g/mol. The highest BCUT2D eigenvalue weighted by Crippen LogP contribution is 2.33. The zero-order valence-corrected chi connectivity index (χ0v) is 14.0. The van der Waals surface area contributed by atoms with Gasteiger partial charge < -0.3 is 9.32 Å². The maximum Gasteiger partial charge on any atom is 0.223 e. The van der Waals surface area contributed by atoms with Crippen LogP contribution < -0.4 is 0 Å². The SMILES string of the molecule is Cc1cccc(CN2C(=O)CC[C@@H]3[C@@H]2CCN3Cc2ccoc2)n1. The van der Waals surface area contributed by atoms with E-state index < -0.39 is 0 Å². The van der Waals surface area contributed by atoms with E-state index in [0.29, 0.717) is 25.0 Å². The number of fused-ring (bicyclic) bond motifs is 1. The fraction of sp³-hybridized carbons (Fsp3) is 0.474. The van der Waals surface area contributed by atoms with Gasteiger partial charge in [-0.1, -0.05) is 6.07 Å². The first-order chi connectivity index (χ1) is 11.7. The summed E-state index contributed by atoms with van der Waals surface area (Å²) < 4.78 is 5.19. The van der Waals surface area contributed by atoms with Crippen molar-refractivity contribution < 1.29 is 9.21 Å². The van der Waals surface area contributed by atoms with E-state index in [2.05, 4.69) is 14.8 Å². The van der Waals surface area contributed by atoms with Crippen LogP contribution in [0.5, 0.6) is 0 Å². The van der Waals surface area contributed by atoms with E-state index in [-0.39, 0.29) is 5.91 Å². The first kappa shape index (κ1) is 15.4. The third-order valence-electron chi connectivity index (χ3n) is 5.24. The Balaban J connectivity index is 1.50. The Hall–Kier alpha value is -2.14. The number of amides is 1. The molecule has 2 saturated heterocycles. The lowest BCUT2D eigenvalue weighted by Gasteiger charge is -2.39. The third kappa shape index (κ3) is 2.96. The van der Waals surface area contributed by atoms with Crippen LogP contribution in [0.3, 0.4) is 0 Å². The Labute approximate surface area is 142 Å². The lowest BCUT2D eigenvalue weighted by Crippen LogP contribution is -2.51. The van der Waals surface area contributed by atoms with Crippen molar-refractivity contribution in [2.45, 2.75) is 51.4 Å². The van der Waals surface area contributed by atoms with Crippen LogP contribution in [0.2, 0.25) is 0 Å². The number of carbonyl (C=O) groups is 1. The molecule has 24 heavy (non-hydrogen) atoms. The summed E-state index contributed by atoms with van der Waals surface area (Å²) in [6.07, 6.45) is 6.17. The van der Waals surface area contributed by atoms with Crippen LogP contribution in [0.1, 0.15) is 36.2 Å². The summed E-state index contributed by atoms with van der Waals surface area (Å²) in [5.41, 5.74) is 3.19. The molecule has 4 rings (SSSR count). The maximum atomic E-state index is 12.5. The number of pyridine rings is 1. The predicted octanol–water partition coefficient (Wildman–Crippen LogP) is 2.75. The number of likely N-dealkylation sites (tertiary alicyclic amines) is 2. The molecule has 2 aliphatic heterocycles. The quantitative estimate of drug-likeness (QED) is 0.867. The van der Waals surface area contributed by atoms with E-state index >= 15 is 0 Å². The topological polar surface area (TPSA) is 49.6 Å². The maximum absolute atomic E-state index is 12.5. The lowest BCUT2D eigenvalue weighted by molar-refractivity contribution is -0.138. The first-order valence-corrected chi connectivity index (χ1v) is 8.68. The summed E-state index contributed by atoms with van der Waals surface area (Å²) in [7, 11) is 0. The van der Waals surface area contributed by atoms with Gasteiger partial charge in [-0.2, -0.15) is 0 Å². The Kier molecular flexibility index (Phi) is 4.10. The zero-order chi connectivity index (χ0) is 16.5. The van der Waals surface area contributed by atoms with Crippen LogP contribution in [0.15, 0.2) is 41.2 Å². The summed E-state index contributed by atoms with van der Waals surface area (Å²) in [6, 6.07) is 8.80. The van der Waals surface area contributed by atoms with Crippen LogP contribution >= 0.6 is 0 Å². The second kappa shape index (κ2) is 6.40. The molecule has 5 heteroatoms. The van der Waals surface area contributed by atoms with E-state index in [1.165, 1.54) is 5.56 Å². The highest BCUT2D eigenvalue weighted by molar-refractivity contribution is 5.77. The highest BCUT2D eigenvalue weighted by Gasteiger charge is 2.42. The number of carbonyl (C=O) groups excluding carboxylic acids is 1. The largest absolute Gasteiger partial charge is 0.472 e. The number of aryl methyl sites for hydroxylation is 1. The summed E-state index contributed by atoms with van der Waals surface area (Å²) in [6.45, 7) is 4.56. The molecule has 0 unspecified atom stereocenters. The minimum atomic E-state index is 0.268. The van der Waals surface area contributed by atoms with Crippen molar-refractivity contribution in [2.24, 2.45) is 0 Å². The average Bonchev–Trinajstić information content (AvgIpc) is 3.21. The van der Waals surface area contributed by atoms with Crippen molar-refractivity contribution in [1.82, 2.24) is 14.8 Å². The van der Waals surface area contributed by atoms with Gasteiger partial charge in [-0.15, -0.1) is 0 Å². The van der Waals surface area contributed by atoms with Crippen LogP contribution in [0.25, 0.3) is 0 Å². The normalized spacial score (nSPS) is 24.4. The molecule has 2 fully saturated rings.